The minimum Gasteiger partial charge on any atom is -0.235 e. The maximum Gasteiger partial charge on any atom is 0.134 e. The molecule has 0 atom stereocenters. The summed E-state index contributed by atoms with van der Waals surface area (Å²) in [7, 11) is 0. The van der Waals surface area contributed by atoms with E-state index in [0.717, 1.165) is 10.5 Å². The zero-order chi connectivity index (χ0) is 11.9. The number of rotatable bonds is 1. The van der Waals surface area contributed by atoms with E-state index in [2.05, 4.69) is 53.9 Å². The number of aromatic nitrogens is 1. The number of hydrogen-bond donors (Lipinski definition) is 0. The van der Waals surface area contributed by atoms with Gasteiger partial charge >= 0.3 is 0 Å². The van der Waals surface area contributed by atoms with Crippen molar-refractivity contribution in [3.8, 4) is 9.88 Å². The molecule has 4 aromatic rings. The molecule has 0 aliphatic rings. The van der Waals surface area contributed by atoms with E-state index in [1.54, 1.807) is 22.7 Å². The molecular formula is C15H9NS2. The Morgan fingerprint density at radius 1 is 0.889 bits per heavy atom. The van der Waals surface area contributed by atoms with Gasteiger partial charge in [-0.15, -0.1) is 22.7 Å². The predicted molar refractivity (Wildman–Crippen MR) is 80.4 cm³/mol. The Labute approximate surface area is 112 Å². The van der Waals surface area contributed by atoms with Gasteiger partial charge in [-0.25, -0.2) is 4.98 Å². The summed E-state index contributed by atoms with van der Waals surface area (Å²) in [5, 5.41) is 5.80. The largest absolute Gasteiger partial charge is 0.235 e. The van der Waals surface area contributed by atoms with Gasteiger partial charge in [-0.05, 0) is 22.9 Å². The minimum atomic E-state index is 1.10. The number of hydrogen-bond acceptors (Lipinski definition) is 3. The van der Waals surface area contributed by atoms with E-state index in [1.165, 1.54) is 20.3 Å². The van der Waals surface area contributed by atoms with Crippen LogP contribution in [0.25, 0.3) is 30.9 Å². The number of thiophene rings is 1. The number of thiazole rings is 1. The zero-order valence-corrected chi connectivity index (χ0v) is 11.1. The van der Waals surface area contributed by atoms with Crippen molar-refractivity contribution in [2.75, 3.05) is 0 Å². The molecule has 0 saturated carbocycles. The second kappa shape index (κ2) is 3.90. The molecule has 1 nitrogen and oxygen atoms in total. The molecule has 0 aliphatic carbocycles. The van der Waals surface area contributed by atoms with Crippen molar-refractivity contribution in [1.29, 1.82) is 0 Å². The van der Waals surface area contributed by atoms with Crippen LogP contribution >= 0.6 is 22.7 Å². The molecule has 4 rings (SSSR count). The highest BCUT2D eigenvalue weighted by molar-refractivity contribution is 7.25. The Morgan fingerprint density at radius 3 is 2.72 bits per heavy atom. The molecule has 0 spiro atoms. The summed E-state index contributed by atoms with van der Waals surface area (Å²) >= 11 is 3.53. The third kappa shape index (κ3) is 1.48. The maximum atomic E-state index is 4.73. The van der Waals surface area contributed by atoms with Crippen molar-refractivity contribution in [1.82, 2.24) is 4.98 Å². The van der Waals surface area contributed by atoms with Gasteiger partial charge in [0.2, 0.25) is 0 Å². The lowest BCUT2D eigenvalue weighted by Gasteiger charge is -1.96. The highest BCUT2D eigenvalue weighted by Gasteiger charge is 2.09. The zero-order valence-electron chi connectivity index (χ0n) is 9.46. The van der Waals surface area contributed by atoms with E-state index in [9.17, 15) is 0 Å². The molecule has 3 heteroatoms. The van der Waals surface area contributed by atoms with E-state index in [4.69, 9.17) is 4.98 Å². The van der Waals surface area contributed by atoms with Crippen LogP contribution < -0.4 is 0 Å². The van der Waals surface area contributed by atoms with Gasteiger partial charge in [0.15, 0.2) is 0 Å². The van der Waals surface area contributed by atoms with Crippen molar-refractivity contribution >= 4 is 43.7 Å². The van der Waals surface area contributed by atoms with Crippen LogP contribution in [0.2, 0.25) is 0 Å². The third-order valence-corrected chi connectivity index (χ3v) is 5.16. The van der Waals surface area contributed by atoms with Crippen molar-refractivity contribution < 1.29 is 0 Å². The normalized spacial score (nSPS) is 11.3. The van der Waals surface area contributed by atoms with Gasteiger partial charge in [0, 0.05) is 5.39 Å². The van der Waals surface area contributed by atoms with Crippen molar-refractivity contribution in [3.63, 3.8) is 0 Å². The van der Waals surface area contributed by atoms with E-state index >= 15 is 0 Å². The first-order chi connectivity index (χ1) is 8.92. The number of nitrogens with zero attached hydrogens (tertiary/aromatic N) is 1. The van der Waals surface area contributed by atoms with Crippen LogP contribution in [0, 0.1) is 0 Å². The van der Waals surface area contributed by atoms with E-state index in [1.807, 2.05) is 0 Å². The van der Waals surface area contributed by atoms with E-state index < -0.39 is 0 Å². The van der Waals surface area contributed by atoms with Gasteiger partial charge in [0.25, 0.3) is 0 Å². The fourth-order valence-corrected chi connectivity index (χ4v) is 4.06. The molecule has 0 aliphatic heterocycles. The van der Waals surface area contributed by atoms with Gasteiger partial charge < -0.3 is 0 Å². The molecule has 0 unspecified atom stereocenters. The first-order valence-corrected chi connectivity index (χ1v) is 7.43. The van der Waals surface area contributed by atoms with Crippen LogP contribution in [0.4, 0.5) is 0 Å². The molecule has 0 saturated heterocycles. The number of fused-ring (bicyclic) bond motifs is 3. The molecule has 2 aromatic heterocycles. The first-order valence-electron chi connectivity index (χ1n) is 5.74. The van der Waals surface area contributed by atoms with Gasteiger partial charge in [0.1, 0.15) is 5.01 Å². The van der Waals surface area contributed by atoms with Crippen molar-refractivity contribution in [3.05, 3.63) is 53.9 Å². The molecule has 0 bridgehead atoms. The Hall–Kier alpha value is -1.71. The topological polar surface area (TPSA) is 12.9 Å². The Bertz CT molecular complexity index is 828. The second-order valence-corrected chi connectivity index (χ2v) is 6.08. The monoisotopic (exact) mass is 267 g/mol. The molecule has 0 N–H and O–H groups in total. The molecule has 2 aromatic carbocycles. The van der Waals surface area contributed by atoms with Gasteiger partial charge in [0.05, 0.1) is 15.1 Å². The lowest BCUT2D eigenvalue weighted by Crippen LogP contribution is -1.72. The quantitative estimate of drug-likeness (QED) is 0.463. The Balaban J connectivity index is 2.08. The highest BCUT2D eigenvalue weighted by Crippen LogP contribution is 2.36. The van der Waals surface area contributed by atoms with Crippen LogP contribution in [0.15, 0.2) is 53.9 Å². The summed E-state index contributed by atoms with van der Waals surface area (Å²) in [5.74, 6) is 0. The van der Waals surface area contributed by atoms with E-state index in [-0.39, 0.29) is 0 Å². The summed E-state index contributed by atoms with van der Waals surface area (Å²) in [4.78, 5) is 5.98. The summed E-state index contributed by atoms with van der Waals surface area (Å²) < 4.78 is 1.29. The molecule has 18 heavy (non-hydrogen) atoms. The molecule has 86 valence electrons. The highest BCUT2D eigenvalue weighted by atomic mass is 32.1. The molecule has 0 radical (unpaired) electrons. The average Bonchev–Trinajstić information content (AvgIpc) is 3.07. The molecular weight excluding hydrogens is 258 g/mol. The van der Waals surface area contributed by atoms with Crippen LogP contribution in [0.3, 0.4) is 0 Å². The van der Waals surface area contributed by atoms with Gasteiger partial charge in [-0.3, -0.25) is 0 Å². The van der Waals surface area contributed by atoms with E-state index in [0.29, 0.717) is 0 Å². The smallest absolute Gasteiger partial charge is 0.134 e. The first kappa shape index (κ1) is 10.2. The lowest BCUT2D eigenvalue weighted by atomic mass is 10.1. The molecule has 0 amide bonds. The summed E-state index contributed by atoms with van der Waals surface area (Å²) in [6.07, 6.45) is 0. The number of benzene rings is 2. The fourth-order valence-electron chi connectivity index (χ4n) is 2.16. The lowest BCUT2D eigenvalue weighted by molar-refractivity contribution is 1.51. The van der Waals surface area contributed by atoms with Crippen LogP contribution in [0.1, 0.15) is 0 Å². The van der Waals surface area contributed by atoms with Crippen LogP contribution in [0.5, 0.6) is 0 Å². The maximum absolute atomic E-state index is 4.73. The Kier molecular flexibility index (Phi) is 2.22. The average molecular weight is 267 g/mol. The van der Waals surface area contributed by atoms with Gasteiger partial charge in [-0.1, -0.05) is 36.4 Å². The summed E-state index contributed by atoms with van der Waals surface area (Å²) in [5.41, 5.74) is 1.10. The Morgan fingerprint density at radius 2 is 1.83 bits per heavy atom. The van der Waals surface area contributed by atoms with Crippen LogP contribution in [-0.4, -0.2) is 4.98 Å². The van der Waals surface area contributed by atoms with Crippen molar-refractivity contribution in [2.24, 2.45) is 0 Å². The summed E-state index contributed by atoms with van der Waals surface area (Å²) in [6.45, 7) is 0. The summed E-state index contributed by atoms with van der Waals surface area (Å²) in [6, 6.07) is 17.0. The predicted octanol–water partition coefficient (Wildman–Crippen LogP) is 5.18. The second-order valence-electron chi connectivity index (χ2n) is 4.13. The minimum absolute atomic E-state index is 1.10. The van der Waals surface area contributed by atoms with Gasteiger partial charge in [-0.2, -0.15) is 0 Å². The molecule has 0 fully saturated rings. The standard InChI is InChI=1S/C15H9NS2/c1-2-5-11-10(4-1)7-8-12-14(11)18-15(16-12)13-6-3-9-17-13/h1-9H. The molecule has 2 heterocycles. The SMILES string of the molecule is c1csc(-c2nc3ccc4ccccc4c3s2)c1. The third-order valence-electron chi connectivity index (χ3n) is 3.01. The van der Waals surface area contributed by atoms with Crippen LogP contribution in [-0.2, 0) is 0 Å². The van der Waals surface area contributed by atoms with Crippen molar-refractivity contribution in [2.45, 2.75) is 0 Å². The fraction of sp³-hybridized carbons (Fsp3) is 0.